The fourth-order valence-electron chi connectivity index (χ4n) is 1.55. The van der Waals surface area contributed by atoms with Gasteiger partial charge in [0, 0.05) is 6.61 Å². The second-order valence-corrected chi connectivity index (χ2v) is 3.92. The predicted octanol–water partition coefficient (Wildman–Crippen LogP) is -1.40. The molecule has 1 heterocycles. The van der Waals surface area contributed by atoms with E-state index in [1.54, 1.807) is 0 Å². The topological polar surface area (TPSA) is 99.4 Å². The van der Waals surface area contributed by atoms with Crippen LogP contribution in [0.25, 0.3) is 0 Å². The molecular formula is C10H20O6. The Hall–Kier alpha value is -0.240. The van der Waals surface area contributed by atoms with Gasteiger partial charge in [0.2, 0.25) is 0 Å². The van der Waals surface area contributed by atoms with Crippen molar-refractivity contribution in [3.8, 4) is 0 Å². The van der Waals surface area contributed by atoms with Gasteiger partial charge in [-0.05, 0) is 6.42 Å². The maximum atomic E-state index is 9.58. The Morgan fingerprint density at radius 1 is 1.12 bits per heavy atom. The molecule has 5 atom stereocenters. The molecule has 4 unspecified atom stereocenters. The van der Waals surface area contributed by atoms with Crippen LogP contribution in [0.5, 0.6) is 0 Å². The molecule has 0 aromatic heterocycles. The lowest BCUT2D eigenvalue weighted by Crippen LogP contribution is -2.59. The third-order valence-corrected chi connectivity index (χ3v) is 2.63. The molecule has 1 fully saturated rings. The van der Waals surface area contributed by atoms with E-state index in [4.69, 9.17) is 14.6 Å². The van der Waals surface area contributed by atoms with Gasteiger partial charge in [0.1, 0.15) is 24.4 Å². The third kappa shape index (κ3) is 3.13. The van der Waals surface area contributed by atoms with E-state index in [0.29, 0.717) is 6.61 Å². The number of aliphatic hydroxyl groups excluding tert-OH is 4. The molecule has 1 aliphatic heterocycles. The van der Waals surface area contributed by atoms with Crippen LogP contribution in [0.1, 0.15) is 19.8 Å². The van der Waals surface area contributed by atoms with Gasteiger partial charge in [0.15, 0.2) is 6.29 Å². The zero-order valence-electron chi connectivity index (χ0n) is 9.32. The van der Waals surface area contributed by atoms with E-state index >= 15 is 0 Å². The maximum absolute atomic E-state index is 9.58. The summed E-state index contributed by atoms with van der Waals surface area (Å²) in [6.45, 7) is 1.97. The summed E-state index contributed by atoms with van der Waals surface area (Å²) in [4.78, 5) is 0. The molecule has 1 saturated heterocycles. The van der Waals surface area contributed by atoms with E-state index in [1.165, 1.54) is 0 Å². The minimum absolute atomic E-state index is 0.402. The highest BCUT2D eigenvalue weighted by molar-refractivity contribution is 4.88. The van der Waals surface area contributed by atoms with Gasteiger partial charge < -0.3 is 29.9 Å². The molecule has 1 aliphatic rings. The van der Waals surface area contributed by atoms with Crippen molar-refractivity contribution in [2.75, 3.05) is 13.2 Å². The highest BCUT2D eigenvalue weighted by Gasteiger charge is 2.43. The van der Waals surface area contributed by atoms with Crippen LogP contribution in [0.15, 0.2) is 0 Å². The van der Waals surface area contributed by atoms with E-state index < -0.39 is 37.3 Å². The van der Waals surface area contributed by atoms with Crippen molar-refractivity contribution < 1.29 is 29.9 Å². The number of unbranched alkanes of at least 4 members (excludes halogenated alkanes) is 1. The molecule has 96 valence electrons. The number of aliphatic hydroxyl groups is 4. The minimum atomic E-state index is -1.36. The average molecular weight is 236 g/mol. The van der Waals surface area contributed by atoms with Gasteiger partial charge in [-0.1, -0.05) is 13.3 Å². The Bertz CT molecular complexity index is 198. The molecule has 0 aromatic rings. The van der Waals surface area contributed by atoms with E-state index in [-0.39, 0.29) is 0 Å². The van der Waals surface area contributed by atoms with Crippen molar-refractivity contribution in [1.82, 2.24) is 0 Å². The van der Waals surface area contributed by atoms with Crippen molar-refractivity contribution in [2.24, 2.45) is 0 Å². The van der Waals surface area contributed by atoms with Gasteiger partial charge in [-0.15, -0.1) is 0 Å². The van der Waals surface area contributed by atoms with Crippen LogP contribution in [-0.4, -0.2) is 64.3 Å². The summed E-state index contributed by atoms with van der Waals surface area (Å²) < 4.78 is 10.4. The Balaban J connectivity index is 2.50. The Kier molecular flexibility index (Phi) is 5.60. The van der Waals surface area contributed by atoms with Gasteiger partial charge in [-0.2, -0.15) is 0 Å². The van der Waals surface area contributed by atoms with Crippen molar-refractivity contribution in [2.45, 2.75) is 50.5 Å². The summed E-state index contributed by atoms with van der Waals surface area (Å²) in [5.41, 5.74) is 0. The van der Waals surface area contributed by atoms with Crippen molar-refractivity contribution in [3.63, 3.8) is 0 Å². The molecule has 0 spiro atoms. The Morgan fingerprint density at radius 2 is 1.81 bits per heavy atom. The van der Waals surface area contributed by atoms with Crippen LogP contribution in [0.3, 0.4) is 0 Å². The first kappa shape index (κ1) is 13.8. The van der Waals surface area contributed by atoms with Crippen LogP contribution < -0.4 is 0 Å². The van der Waals surface area contributed by atoms with Gasteiger partial charge in [-0.3, -0.25) is 0 Å². The van der Waals surface area contributed by atoms with E-state index in [0.717, 1.165) is 12.8 Å². The van der Waals surface area contributed by atoms with Crippen LogP contribution in [0.2, 0.25) is 0 Å². The van der Waals surface area contributed by atoms with Gasteiger partial charge in [-0.25, -0.2) is 0 Å². The molecule has 0 radical (unpaired) electrons. The fourth-order valence-corrected chi connectivity index (χ4v) is 1.55. The quantitative estimate of drug-likeness (QED) is 0.438. The summed E-state index contributed by atoms with van der Waals surface area (Å²) in [7, 11) is 0. The summed E-state index contributed by atoms with van der Waals surface area (Å²) in [5.74, 6) is 0. The maximum Gasteiger partial charge on any atom is 0.186 e. The summed E-state index contributed by atoms with van der Waals surface area (Å²) >= 11 is 0. The lowest BCUT2D eigenvalue weighted by atomic mass is 9.99. The molecule has 0 bridgehead atoms. The van der Waals surface area contributed by atoms with Crippen LogP contribution in [0, 0.1) is 0 Å². The molecule has 0 amide bonds. The minimum Gasteiger partial charge on any atom is -0.394 e. The van der Waals surface area contributed by atoms with Gasteiger partial charge in [0.05, 0.1) is 6.61 Å². The van der Waals surface area contributed by atoms with Crippen LogP contribution in [-0.2, 0) is 9.47 Å². The normalized spacial score (nSPS) is 39.9. The highest BCUT2D eigenvalue weighted by atomic mass is 16.7. The zero-order valence-corrected chi connectivity index (χ0v) is 9.32. The lowest BCUT2D eigenvalue weighted by molar-refractivity contribution is -0.301. The molecule has 0 aromatic carbocycles. The molecular weight excluding hydrogens is 216 g/mol. The SMILES string of the molecule is CCCCOC1OC(CO)[C@@H](O)C(O)C1O. The van der Waals surface area contributed by atoms with Gasteiger partial charge >= 0.3 is 0 Å². The second-order valence-electron chi connectivity index (χ2n) is 3.92. The van der Waals surface area contributed by atoms with E-state index in [9.17, 15) is 15.3 Å². The molecule has 16 heavy (non-hydrogen) atoms. The summed E-state index contributed by atoms with van der Waals surface area (Å²) in [6, 6.07) is 0. The largest absolute Gasteiger partial charge is 0.394 e. The van der Waals surface area contributed by atoms with E-state index in [2.05, 4.69) is 0 Å². The fraction of sp³-hybridized carbons (Fsp3) is 1.00. The standard InChI is InChI=1S/C10H20O6/c1-2-3-4-15-10-9(14)8(13)7(12)6(5-11)16-10/h6-14H,2-5H2,1H3/t6?,7-,8?,9?,10?/m1/s1. The lowest BCUT2D eigenvalue weighted by Gasteiger charge is -2.39. The predicted molar refractivity (Wildman–Crippen MR) is 54.6 cm³/mol. The number of rotatable bonds is 5. The molecule has 6 nitrogen and oxygen atoms in total. The zero-order chi connectivity index (χ0) is 12.1. The van der Waals surface area contributed by atoms with Crippen molar-refractivity contribution in [1.29, 1.82) is 0 Å². The average Bonchev–Trinajstić information content (AvgIpc) is 2.29. The van der Waals surface area contributed by atoms with Crippen molar-refractivity contribution >= 4 is 0 Å². The molecule has 4 N–H and O–H groups in total. The van der Waals surface area contributed by atoms with Gasteiger partial charge in [0.25, 0.3) is 0 Å². The summed E-state index contributed by atoms with van der Waals surface area (Å²) in [5, 5.41) is 37.5. The summed E-state index contributed by atoms with van der Waals surface area (Å²) in [6.07, 6.45) is -4.13. The van der Waals surface area contributed by atoms with Crippen LogP contribution >= 0.6 is 0 Å². The monoisotopic (exact) mass is 236 g/mol. The van der Waals surface area contributed by atoms with Crippen LogP contribution in [0.4, 0.5) is 0 Å². The number of ether oxygens (including phenoxy) is 2. The molecule has 1 rings (SSSR count). The number of hydrogen-bond acceptors (Lipinski definition) is 6. The van der Waals surface area contributed by atoms with E-state index in [1.807, 2.05) is 6.92 Å². The molecule has 6 heteroatoms. The Labute approximate surface area is 94.4 Å². The Morgan fingerprint density at radius 3 is 2.38 bits per heavy atom. The first-order valence-electron chi connectivity index (χ1n) is 5.54. The molecule has 0 saturated carbocycles. The highest BCUT2D eigenvalue weighted by Crippen LogP contribution is 2.21. The smallest absolute Gasteiger partial charge is 0.186 e. The van der Waals surface area contributed by atoms with Crippen molar-refractivity contribution in [3.05, 3.63) is 0 Å². The first-order valence-corrected chi connectivity index (χ1v) is 5.54. The molecule has 0 aliphatic carbocycles. The second kappa shape index (κ2) is 6.48. The number of hydrogen-bond donors (Lipinski definition) is 4. The third-order valence-electron chi connectivity index (χ3n) is 2.63. The first-order chi connectivity index (χ1) is 7.61.